The van der Waals surface area contributed by atoms with E-state index in [1.165, 1.54) is 38.0 Å². The second kappa shape index (κ2) is 4.84. The largest absolute Gasteiger partial charge is 0.344 e. The summed E-state index contributed by atoms with van der Waals surface area (Å²) in [6, 6.07) is 12.9. The van der Waals surface area contributed by atoms with Crippen molar-refractivity contribution in [1.29, 1.82) is 0 Å². The number of aryl methyl sites for hydroxylation is 1. The van der Waals surface area contributed by atoms with Gasteiger partial charge >= 0.3 is 0 Å². The molecule has 1 aromatic heterocycles. The van der Waals surface area contributed by atoms with Gasteiger partial charge in [-0.2, -0.15) is 0 Å². The molecule has 125 valence electrons. The van der Waals surface area contributed by atoms with Crippen LogP contribution < -0.4 is 0 Å². The Bertz CT molecular complexity index is 949. The Kier molecular flexibility index (Phi) is 3.16. The number of hydrogen-bond acceptors (Lipinski definition) is 1. The van der Waals surface area contributed by atoms with E-state index in [0.29, 0.717) is 0 Å². The zero-order valence-corrected chi connectivity index (χ0v) is 15.2. The minimum atomic E-state index is -0.542. The monoisotopic (exact) mass is 321 g/mol. The minimum absolute atomic E-state index is 0.395. The SMILES string of the molecule is CCn1c2c(c3c4ccccc4ccc31)C(C)(C)N([O])C(C)(C)C2. The molecule has 1 radical (unpaired) electrons. The fourth-order valence-electron chi connectivity index (χ4n) is 4.72. The van der Waals surface area contributed by atoms with Crippen LogP contribution in [0.2, 0.25) is 0 Å². The van der Waals surface area contributed by atoms with E-state index in [1.807, 2.05) is 0 Å². The average Bonchev–Trinajstić information content (AvgIpc) is 2.86. The number of rotatable bonds is 1. The third kappa shape index (κ3) is 1.86. The Morgan fingerprint density at radius 3 is 2.46 bits per heavy atom. The number of aromatic nitrogens is 1. The quantitative estimate of drug-likeness (QED) is 0.617. The summed E-state index contributed by atoms with van der Waals surface area (Å²) in [6.07, 6.45) is 0.784. The molecule has 0 aliphatic carbocycles. The van der Waals surface area contributed by atoms with E-state index in [9.17, 15) is 5.21 Å². The number of hydrogen-bond donors (Lipinski definition) is 0. The molecule has 0 bridgehead atoms. The lowest BCUT2D eigenvalue weighted by atomic mass is 9.78. The highest BCUT2D eigenvalue weighted by Gasteiger charge is 2.48. The van der Waals surface area contributed by atoms with Crippen LogP contribution in [0.15, 0.2) is 36.4 Å². The number of benzene rings is 2. The molecule has 1 aliphatic heterocycles. The van der Waals surface area contributed by atoms with E-state index in [-0.39, 0.29) is 0 Å². The fourth-order valence-corrected chi connectivity index (χ4v) is 4.72. The Balaban J connectivity index is 2.22. The van der Waals surface area contributed by atoms with Crippen molar-refractivity contribution < 1.29 is 5.21 Å². The average molecular weight is 321 g/mol. The molecule has 0 N–H and O–H groups in total. The summed E-state index contributed by atoms with van der Waals surface area (Å²) in [5.74, 6) is 0. The van der Waals surface area contributed by atoms with Gasteiger partial charge in [0.25, 0.3) is 0 Å². The number of hydroxylamine groups is 2. The molecule has 0 amide bonds. The summed E-state index contributed by atoms with van der Waals surface area (Å²) in [4.78, 5) is 0. The van der Waals surface area contributed by atoms with Crippen molar-refractivity contribution in [3.8, 4) is 0 Å². The molecule has 1 aliphatic rings. The van der Waals surface area contributed by atoms with Gasteiger partial charge in [-0.3, -0.25) is 0 Å². The van der Waals surface area contributed by atoms with Crippen molar-refractivity contribution in [2.24, 2.45) is 0 Å². The third-order valence-corrected chi connectivity index (χ3v) is 5.65. The predicted octanol–water partition coefficient (Wildman–Crippen LogP) is 5.03. The Morgan fingerprint density at radius 2 is 1.75 bits per heavy atom. The van der Waals surface area contributed by atoms with Crippen molar-refractivity contribution in [3.63, 3.8) is 0 Å². The second-order valence-electron chi connectivity index (χ2n) is 8.09. The first kappa shape index (κ1) is 15.7. The van der Waals surface area contributed by atoms with Crippen molar-refractivity contribution in [2.45, 2.75) is 58.7 Å². The highest BCUT2D eigenvalue weighted by Crippen LogP contribution is 2.47. The van der Waals surface area contributed by atoms with Crippen LogP contribution >= 0.6 is 0 Å². The molecule has 0 saturated heterocycles. The topological polar surface area (TPSA) is 28.1 Å². The van der Waals surface area contributed by atoms with Gasteiger partial charge in [0.2, 0.25) is 0 Å². The molecule has 3 heteroatoms. The predicted molar refractivity (Wildman–Crippen MR) is 98.5 cm³/mol. The van der Waals surface area contributed by atoms with Gasteiger partial charge in [0.05, 0.1) is 11.1 Å². The van der Waals surface area contributed by atoms with Gasteiger partial charge in [0.1, 0.15) is 0 Å². The van der Waals surface area contributed by atoms with Gasteiger partial charge < -0.3 is 4.57 Å². The summed E-state index contributed by atoms with van der Waals surface area (Å²) in [6.45, 7) is 11.4. The lowest BCUT2D eigenvalue weighted by molar-refractivity contribution is -0.280. The zero-order chi connectivity index (χ0) is 17.3. The van der Waals surface area contributed by atoms with Crippen molar-refractivity contribution in [2.75, 3.05) is 0 Å². The maximum atomic E-state index is 13.1. The molecule has 24 heavy (non-hydrogen) atoms. The van der Waals surface area contributed by atoms with E-state index in [4.69, 9.17) is 0 Å². The molecule has 2 heterocycles. The normalized spacial score (nSPS) is 19.8. The molecular weight excluding hydrogens is 296 g/mol. The number of nitrogens with zero attached hydrogens (tertiary/aromatic N) is 2. The molecule has 2 aromatic carbocycles. The first-order valence-corrected chi connectivity index (χ1v) is 8.80. The van der Waals surface area contributed by atoms with E-state index in [1.54, 1.807) is 0 Å². The Hall–Kier alpha value is -1.84. The van der Waals surface area contributed by atoms with Gasteiger partial charge in [0, 0.05) is 35.1 Å². The smallest absolute Gasteiger partial charge is 0.0715 e. The maximum Gasteiger partial charge on any atom is 0.0715 e. The summed E-state index contributed by atoms with van der Waals surface area (Å²) in [5, 5.41) is 18.2. The van der Waals surface area contributed by atoms with E-state index in [2.05, 4.69) is 75.6 Å². The van der Waals surface area contributed by atoms with Crippen molar-refractivity contribution in [3.05, 3.63) is 47.7 Å². The maximum absolute atomic E-state index is 13.1. The molecule has 4 rings (SSSR count). The van der Waals surface area contributed by atoms with Crippen LogP contribution in [0.5, 0.6) is 0 Å². The van der Waals surface area contributed by atoms with Gasteiger partial charge in [0.15, 0.2) is 0 Å². The van der Waals surface area contributed by atoms with E-state index < -0.39 is 11.1 Å². The van der Waals surface area contributed by atoms with Gasteiger partial charge in [-0.1, -0.05) is 30.3 Å². The summed E-state index contributed by atoms with van der Waals surface area (Å²) in [7, 11) is 0. The Morgan fingerprint density at radius 1 is 1.04 bits per heavy atom. The highest BCUT2D eigenvalue weighted by molar-refractivity contribution is 6.09. The first-order valence-electron chi connectivity index (χ1n) is 8.80. The molecular formula is C21H25N2O. The highest BCUT2D eigenvalue weighted by atomic mass is 16.5. The van der Waals surface area contributed by atoms with Crippen LogP contribution in [0.4, 0.5) is 0 Å². The molecule has 0 spiro atoms. The summed E-state index contributed by atoms with van der Waals surface area (Å²) < 4.78 is 2.41. The molecule has 0 fully saturated rings. The lowest BCUT2D eigenvalue weighted by Crippen LogP contribution is -2.56. The molecule has 3 nitrogen and oxygen atoms in total. The van der Waals surface area contributed by atoms with Crippen LogP contribution in [-0.4, -0.2) is 15.2 Å². The molecule has 0 atom stereocenters. The van der Waals surface area contributed by atoms with Gasteiger partial charge in [-0.05, 0) is 51.5 Å². The second-order valence-corrected chi connectivity index (χ2v) is 8.09. The van der Waals surface area contributed by atoms with Crippen molar-refractivity contribution in [1.82, 2.24) is 9.63 Å². The minimum Gasteiger partial charge on any atom is -0.344 e. The van der Waals surface area contributed by atoms with Crippen LogP contribution in [0, 0.1) is 0 Å². The standard InChI is InChI=1S/C21H25N2O/c1-6-22-16-12-11-14-9-7-8-10-15(14)18(16)19-17(22)13-20(2,3)23(24)21(19,4)5/h7-12H,6,13H2,1-5H3. The zero-order valence-electron chi connectivity index (χ0n) is 15.2. The molecule has 0 saturated carbocycles. The summed E-state index contributed by atoms with van der Waals surface area (Å²) in [5.41, 5.74) is 2.85. The van der Waals surface area contributed by atoms with Crippen molar-refractivity contribution >= 4 is 21.7 Å². The van der Waals surface area contributed by atoms with Crippen LogP contribution in [0.1, 0.15) is 45.9 Å². The van der Waals surface area contributed by atoms with Crippen LogP contribution in [0.3, 0.4) is 0 Å². The van der Waals surface area contributed by atoms with Crippen LogP contribution in [0.25, 0.3) is 21.7 Å². The fraction of sp³-hybridized carbons (Fsp3) is 0.429. The van der Waals surface area contributed by atoms with Crippen LogP contribution in [-0.2, 0) is 23.7 Å². The third-order valence-electron chi connectivity index (χ3n) is 5.65. The summed E-state index contributed by atoms with van der Waals surface area (Å²) >= 11 is 0. The first-order chi connectivity index (χ1) is 11.3. The molecule has 3 aromatic rings. The van der Waals surface area contributed by atoms with E-state index >= 15 is 0 Å². The van der Waals surface area contributed by atoms with E-state index in [0.717, 1.165) is 13.0 Å². The Labute approximate surface area is 143 Å². The van der Waals surface area contributed by atoms with Gasteiger partial charge in [-0.15, -0.1) is 10.3 Å². The number of fused-ring (bicyclic) bond motifs is 5. The molecule has 0 unspecified atom stereocenters. The van der Waals surface area contributed by atoms with Gasteiger partial charge in [-0.25, -0.2) is 0 Å². The lowest BCUT2D eigenvalue weighted by Gasteiger charge is -2.47.